The molecule has 3 aliphatic rings. The lowest BCUT2D eigenvalue weighted by molar-refractivity contribution is -0.0788. The molecule has 3 atom stereocenters. The van der Waals surface area contributed by atoms with E-state index in [1.54, 1.807) is 0 Å². The standard InChI is InChI=1S/C22H33N3O4/c1-21(2,3)29-20(26)24-19-12-25(14-22(19)8-4-5-9-28-22)17-7-6-15-10-16(23)13-27-18(15)11-17/h6-7,11,16,19H,4-5,8-10,12-14,23H2,1-3H3,(H,24,26)/t16-,19?,22?/m1/s1. The molecule has 3 heterocycles. The Morgan fingerprint density at radius 2 is 2.17 bits per heavy atom. The molecule has 0 aliphatic carbocycles. The van der Waals surface area contributed by atoms with Crippen molar-refractivity contribution in [1.82, 2.24) is 5.32 Å². The van der Waals surface area contributed by atoms with E-state index in [4.69, 9.17) is 19.9 Å². The molecule has 0 bridgehead atoms. The topological polar surface area (TPSA) is 86.0 Å². The van der Waals surface area contributed by atoms with E-state index in [1.807, 2.05) is 20.8 Å². The SMILES string of the molecule is CC(C)(C)OC(=O)NC1CN(c2ccc3c(c2)OC[C@H](N)C3)CC12CCCCO2. The van der Waals surface area contributed by atoms with Crippen LogP contribution in [0.5, 0.6) is 5.75 Å². The maximum Gasteiger partial charge on any atom is 0.408 e. The quantitative estimate of drug-likeness (QED) is 0.789. The van der Waals surface area contributed by atoms with Gasteiger partial charge in [0.1, 0.15) is 23.6 Å². The van der Waals surface area contributed by atoms with Crippen LogP contribution >= 0.6 is 0 Å². The van der Waals surface area contributed by atoms with Gasteiger partial charge in [-0.1, -0.05) is 6.07 Å². The lowest BCUT2D eigenvalue weighted by Crippen LogP contribution is -2.55. The highest BCUT2D eigenvalue weighted by atomic mass is 16.6. The number of nitrogens with zero attached hydrogens (tertiary/aromatic N) is 1. The van der Waals surface area contributed by atoms with Gasteiger partial charge >= 0.3 is 6.09 Å². The molecule has 1 aromatic carbocycles. The molecule has 7 nitrogen and oxygen atoms in total. The molecular weight excluding hydrogens is 370 g/mol. The van der Waals surface area contributed by atoms with Gasteiger partial charge in [-0.05, 0) is 58.1 Å². The van der Waals surface area contributed by atoms with Crippen molar-refractivity contribution in [3.05, 3.63) is 23.8 Å². The molecule has 2 fully saturated rings. The van der Waals surface area contributed by atoms with Gasteiger partial charge < -0.3 is 30.2 Å². The molecule has 7 heteroatoms. The number of anilines is 1. The normalized spacial score (nSPS) is 29.3. The molecule has 2 unspecified atom stereocenters. The average molecular weight is 404 g/mol. The summed E-state index contributed by atoms with van der Waals surface area (Å²) in [5, 5.41) is 3.09. The second-order valence-electron chi connectivity index (χ2n) is 9.52. The Morgan fingerprint density at radius 3 is 2.90 bits per heavy atom. The highest BCUT2D eigenvalue weighted by Crippen LogP contribution is 2.38. The lowest BCUT2D eigenvalue weighted by Gasteiger charge is -2.38. The van der Waals surface area contributed by atoms with Gasteiger partial charge in [0.05, 0.1) is 6.04 Å². The highest BCUT2D eigenvalue weighted by molar-refractivity contribution is 5.69. The Labute approximate surface area is 172 Å². The monoisotopic (exact) mass is 403 g/mol. The minimum atomic E-state index is -0.528. The first kappa shape index (κ1) is 20.3. The molecule has 3 aliphatic heterocycles. The van der Waals surface area contributed by atoms with Gasteiger partial charge in [0.2, 0.25) is 0 Å². The number of amides is 1. The van der Waals surface area contributed by atoms with Crippen molar-refractivity contribution < 1.29 is 19.0 Å². The third-order valence-corrected chi connectivity index (χ3v) is 5.92. The van der Waals surface area contributed by atoms with E-state index >= 15 is 0 Å². The number of rotatable bonds is 2. The van der Waals surface area contributed by atoms with Crippen molar-refractivity contribution in [3.63, 3.8) is 0 Å². The fourth-order valence-electron chi connectivity index (χ4n) is 4.56. The Hall–Kier alpha value is -1.99. The summed E-state index contributed by atoms with van der Waals surface area (Å²) in [6, 6.07) is 6.25. The van der Waals surface area contributed by atoms with Crippen molar-refractivity contribution in [1.29, 1.82) is 0 Å². The number of hydrogen-bond donors (Lipinski definition) is 2. The molecule has 29 heavy (non-hydrogen) atoms. The summed E-state index contributed by atoms with van der Waals surface area (Å²) in [7, 11) is 0. The van der Waals surface area contributed by atoms with Crippen LogP contribution in [0.1, 0.15) is 45.6 Å². The number of ether oxygens (including phenoxy) is 3. The molecule has 0 saturated carbocycles. The van der Waals surface area contributed by atoms with Crippen molar-refractivity contribution in [3.8, 4) is 5.75 Å². The molecule has 1 amide bonds. The molecule has 0 aromatic heterocycles. The van der Waals surface area contributed by atoms with Gasteiger partial charge in [0, 0.05) is 37.5 Å². The number of carbonyl (C=O) groups is 1. The Bertz CT molecular complexity index is 755. The van der Waals surface area contributed by atoms with Crippen LogP contribution in [0.15, 0.2) is 18.2 Å². The molecule has 160 valence electrons. The molecule has 0 radical (unpaired) electrons. The van der Waals surface area contributed by atoms with Gasteiger partial charge in [-0.3, -0.25) is 0 Å². The predicted molar refractivity (Wildman–Crippen MR) is 112 cm³/mol. The smallest absolute Gasteiger partial charge is 0.408 e. The van der Waals surface area contributed by atoms with E-state index in [2.05, 4.69) is 28.4 Å². The van der Waals surface area contributed by atoms with E-state index in [1.165, 1.54) is 0 Å². The summed E-state index contributed by atoms with van der Waals surface area (Å²) in [4.78, 5) is 14.8. The summed E-state index contributed by atoms with van der Waals surface area (Å²) in [5.41, 5.74) is 7.33. The lowest BCUT2D eigenvalue weighted by atomic mass is 9.89. The fraction of sp³-hybridized carbons (Fsp3) is 0.682. The minimum Gasteiger partial charge on any atom is -0.492 e. The number of fused-ring (bicyclic) bond motifs is 1. The van der Waals surface area contributed by atoms with Crippen LogP contribution in [0.2, 0.25) is 0 Å². The third kappa shape index (κ3) is 4.46. The van der Waals surface area contributed by atoms with Crippen LogP contribution in [0, 0.1) is 0 Å². The van der Waals surface area contributed by atoms with Crippen LogP contribution < -0.4 is 20.7 Å². The summed E-state index contributed by atoms with van der Waals surface area (Å²) < 4.78 is 17.6. The Balaban J connectivity index is 1.53. The zero-order valence-corrected chi connectivity index (χ0v) is 17.7. The van der Waals surface area contributed by atoms with Gasteiger partial charge in [-0.15, -0.1) is 0 Å². The van der Waals surface area contributed by atoms with E-state index < -0.39 is 5.60 Å². The van der Waals surface area contributed by atoms with Gasteiger partial charge in [-0.25, -0.2) is 4.79 Å². The molecule has 2 saturated heterocycles. The zero-order valence-electron chi connectivity index (χ0n) is 17.7. The fourth-order valence-corrected chi connectivity index (χ4v) is 4.56. The number of carbonyl (C=O) groups excluding carboxylic acids is 1. The van der Waals surface area contributed by atoms with Crippen LogP contribution in [0.3, 0.4) is 0 Å². The van der Waals surface area contributed by atoms with Crippen LogP contribution in [0.25, 0.3) is 0 Å². The highest BCUT2D eigenvalue weighted by Gasteiger charge is 2.49. The van der Waals surface area contributed by atoms with Crippen molar-refractivity contribution in [2.45, 2.75) is 69.7 Å². The largest absolute Gasteiger partial charge is 0.492 e. The first-order chi connectivity index (χ1) is 13.7. The van der Waals surface area contributed by atoms with Crippen molar-refractivity contribution in [2.24, 2.45) is 5.73 Å². The van der Waals surface area contributed by atoms with Crippen molar-refractivity contribution in [2.75, 3.05) is 31.2 Å². The molecule has 1 aromatic rings. The summed E-state index contributed by atoms with van der Waals surface area (Å²) >= 11 is 0. The number of hydrogen-bond acceptors (Lipinski definition) is 6. The summed E-state index contributed by atoms with van der Waals surface area (Å²) in [6.45, 7) is 8.32. The number of nitrogens with one attached hydrogen (secondary N) is 1. The first-order valence-electron chi connectivity index (χ1n) is 10.6. The van der Waals surface area contributed by atoms with Gasteiger partial charge in [0.15, 0.2) is 0 Å². The van der Waals surface area contributed by atoms with Crippen molar-refractivity contribution >= 4 is 11.8 Å². The summed E-state index contributed by atoms with van der Waals surface area (Å²) in [5.74, 6) is 0.909. The van der Waals surface area contributed by atoms with Gasteiger partial charge in [-0.2, -0.15) is 0 Å². The van der Waals surface area contributed by atoms with Crippen LogP contribution in [0.4, 0.5) is 10.5 Å². The first-order valence-corrected chi connectivity index (χ1v) is 10.6. The average Bonchev–Trinajstić information content (AvgIpc) is 2.97. The number of alkyl carbamates (subject to hydrolysis) is 1. The molecule has 1 spiro atoms. The maximum absolute atomic E-state index is 12.5. The van der Waals surface area contributed by atoms with E-state index in [0.717, 1.165) is 55.8 Å². The van der Waals surface area contributed by atoms with E-state index in [0.29, 0.717) is 13.2 Å². The van der Waals surface area contributed by atoms with E-state index in [9.17, 15) is 4.79 Å². The van der Waals surface area contributed by atoms with Crippen LogP contribution in [-0.2, 0) is 15.9 Å². The Morgan fingerprint density at radius 1 is 1.34 bits per heavy atom. The maximum atomic E-state index is 12.5. The minimum absolute atomic E-state index is 0.0569. The second-order valence-corrected chi connectivity index (χ2v) is 9.52. The number of benzene rings is 1. The van der Waals surface area contributed by atoms with Gasteiger partial charge in [0.25, 0.3) is 0 Å². The number of nitrogens with two attached hydrogens (primary N) is 1. The molecular formula is C22H33N3O4. The second kappa shape index (κ2) is 7.69. The molecule has 4 rings (SSSR count). The Kier molecular flexibility index (Phi) is 5.38. The third-order valence-electron chi connectivity index (χ3n) is 5.92. The zero-order chi connectivity index (χ0) is 20.6. The van der Waals surface area contributed by atoms with E-state index in [-0.39, 0.29) is 23.8 Å². The summed E-state index contributed by atoms with van der Waals surface area (Å²) in [6.07, 6.45) is 3.55. The predicted octanol–water partition coefficient (Wildman–Crippen LogP) is 2.60. The molecule has 3 N–H and O–H groups in total. The van der Waals surface area contributed by atoms with Crippen LogP contribution in [-0.4, -0.2) is 55.7 Å².